The first kappa shape index (κ1) is 14.9. The van der Waals surface area contributed by atoms with Gasteiger partial charge in [-0.15, -0.1) is 11.3 Å². The van der Waals surface area contributed by atoms with Gasteiger partial charge in [0.2, 0.25) is 0 Å². The van der Waals surface area contributed by atoms with E-state index in [4.69, 9.17) is 0 Å². The van der Waals surface area contributed by atoms with Crippen molar-refractivity contribution in [2.75, 3.05) is 0 Å². The molecule has 0 unspecified atom stereocenters. The molecule has 0 aliphatic rings. The molecule has 0 N–H and O–H groups in total. The van der Waals surface area contributed by atoms with Crippen molar-refractivity contribution in [1.29, 1.82) is 0 Å². The van der Waals surface area contributed by atoms with E-state index in [0.29, 0.717) is 16.5 Å². The largest absolute Gasteiger partial charge is 0.268 e. The first-order valence-corrected chi connectivity index (χ1v) is 7.98. The molecule has 2 aromatic heterocycles. The van der Waals surface area contributed by atoms with E-state index in [1.54, 1.807) is 22.2 Å². The molecule has 0 saturated heterocycles. The summed E-state index contributed by atoms with van der Waals surface area (Å²) in [6.07, 6.45) is -1.17. The zero-order chi connectivity index (χ0) is 16.7. The molecule has 2 heterocycles. The fourth-order valence-electron chi connectivity index (χ4n) is 2.64. The zero-order valence-corrected chi connectivity index (χ0v) is 13.0. The summed E-state index contributed by atoms with van der Waals surface area (Å²) in [5, 5.41) is 2.41. The van der Waals surface area contributed by atoms with Gasteiger partial charge in [-0.2, -0.15) is 0 Å². The highest BCUT2D eigenvalue weighted by molar-refractivity contribution is 7.12. The Labute approximate surface area is 139 Å². The summed E-state index contributed by atoms with van der Waals surface area (Å²) in [5.41, 5.74) is 1.22. The minimum Gasteiger partial charge on any atom is -0.268 e. The number of aromatic nitrogens is 3. The molecule has 3 nitrogen and oxygen atoms in total. The van der Waals surface area contributed by atoms with Crippen molar-refractivity contribution in [2.24, 2.45) is 0 Å². The van der Waals surface area contributed by atoms with Crippen LogP contribution in [0.5, 0.6) is 0 Å². The summed E-state index contributed by atoms with van der Waals surface area (Å²) in [5.74, 6) is -0.382. The normalized spacial score (nSPS) is 11.5. The maximum atomic E-state index is 13.4. The van der Waals surface area contributed by atoms with Crippen LogP contribution in [0.15, 0.2) is 54.0 Å². The van der Waals surface area contributed by atoms with E-state index in [0.717, 1.165) is 17.6 Å². The Morgan fingerprint density at radius 2 is 1.92 bits per heavy atom. The molecule has 0 spiro atoms. The SMILES string of the molecule is Fc1ccc(-c2nc3ccccc3n2-c2nccs2)c(C(F)F)c1. The summed E-state index contributed by atoms with van der Waals surface area (Å²) >= 11 is 1.37. The number of imidazole rings is 1. The van der Waals surface area contributed by atoms with Gasteiger partial charge in [0.15, 0.2) is 5.13 Å². The van der Waals surface area contributed by atoms with Crippen LogP contribution < -0.4 is 0 Å². The molecule has 7 heteroatoms. The lowest BCUT2D eigenvalue weighted by Crippen LogP contribution is -2.00. The molecule has 4 aromatic rings. The van der Waals surface area contributed by atoms with Crippen molar-refractivity contribution in [3.63, 3.8) is 0 Å². The number of hydrogen-bond acceptors (Lipinski definition) is 3. The van der Waals surface area contributed by atoms with E-state index < -0.39 is 12.2 Å². The van der Waals surface area contributed by atoms with E-state index in [2.05, 4.69) is 9.97 Å². The van der Waals surface area contributed by atoms with Crippen LogP contribution in [0, 0.1) is 5.82 Å². The molecular weight excluding hydrogens is 335 g/mol. The van der Waals surface area contributed by atoms with Gasteiger partial charge in [0.25, 0.3) is 6.43 Å². The third kappa shape index (κ3) is 2.37. The molecule has 0 aliphatic carbocycles. The second-order valence-corrected chi connectivity index (χ2v) is 5.98. The molecule has 24 heavy (non-hydrogen) atoms. The number of halogens is 3. The van der Waals surface area contributed by atoms with Gasteiger partial charge in [-0.1, -0.05) is 12.1 Å². The molecule has 2 aromatic carbocycles. The number of para-hydroxylation sites is 2. The van der Waals surface area contributed by atoms with Crippen LogP contribution in [0.4, 0.5) is 13.2 Å². The van der Waals surface area contributed by atoms with E-state index in [-0.39, 0.29) is 11.1 Å². The maximum Gasteiger partial charge on any atom is 0.264 e. The predicted octanol–water partition coefficient (Wildman–Crippen LogP) is 5.23. The lowest BCUT2D eigenvalue weighted by Gasteiger charge is -2.10. The zero-order valence-electron chi connectivity index (χ0n) is 12.2. The molecule has 0 radical (unpaired) electrons. The quantitative estimate of drug-likeness (QED) is 0.509. The molecule has 4 rings (SSSR count). The second kappa shape index (κ2) is 5.76. The van der Waals surface area contributed by atoms with E-state index >= 15 is 0 Å². The summed E-state index contributed by atoms with van der Waals surface area (Å²) < 4.78 is 42.0. The predicted molar refractivity (Wildman–Crippen MR) is 87.1 cm³/mol. The topological polar surface area (TPSA) is 30.7 Å². The number of fused-ring (bicyclic) bond motifs is 1. The standard InChI is InChI=1S/C17H10F3N3S/c18-10-5-6-11(12(9-10)15(19)20)16-22-13-3-1-2-4-14(13)23(16)17-21-7-8-24-17/h1-9,15H. The molecule has 120 valence electrons. The summed E-state index contributed by atoms with van der Waals surface area (Å²) in [6, 6.07) is 10.7. The van der Waals surface area contributed by atoms with Crippen molar-refractivity contribution < 1.29 is 13.2 Å². The Kier molecular flexibility index (Phi) is 3.57. The highest BCUT2D eigenvalue weighted by atomic mass is 32.1. The third-order valence-corrected chi connectivity index (χ3v) is 4.42. The fraction of sp³-hybridized carbons (Fsp3) is 0.0588. The van der Waals surface area contributed by atoms with E-state index in [9.17, 15) is 13.2 Å². The summed E-state index contributed by atoms with van der Waals surface area (Å²) in [7, 11) is 0. The van der Waals surface area contributed by atoms with Gasteiger partial charge in [-0.3, -0.25) is 4.57 Å². The number of thiazole rings is 1. The molecule has 0 atom stereocenters. The minimum atomic E-state index is -2.81. The van der Waals surface area contributed by atoms with Gasteiger partial charge in [0.1, 0.15) is 11.6 Å². The summed E-state index contributed by atoms with van der Waals surface area (Å²) in [4.78, 5) is 8.75. The molecule has 0 saturated carbocycles. The van der Waals surface area contributed by atoms with Crippen LogP contribution >= 0.6 is 11.3 Å². The van der Waals surface area contributed by atoms with Crippen LogP contribution in [-0.4, -0.2) is 14.5 Å². The first-order valence-electron chi connectivity index (χ1n) is 7.10. The average molecular weight is 345 g/mol. The Hall–Kier alpha value is -2.67. The molecule has 0 amide bonds. The van der Waals surface area contributed by atoms with Crippen LogP contribution in [0.25, 0.3) is 27.6 Å². The Morgan fingerprint density at radius 1 is 1.08 bits per heavy atom. The van der Waals surface area contributed by atoms with Crippen molar-refractivity contribution >= 4 is 22.4 Å². The van der Waals surface area contributed by atoms with E-state index in [1.807, 2.05) is 18.2 Å². The van der Waals surface area contributed by atoms with Crippen LogP contribution in [0.1, 0.15) is 12.0 Å². The molecule has 0 fully saturated rings. The Morgan fingerprint density at radius 3 is 2.67 bits per heavy atom. The number of hydrogen-bond donors (Lipinski definition) is 0. The average Bonchev–Trinajstić information content (AvgIpc) is 3.21. The number of rotatable bonds is 3. The van der Waals surface area contributed by atoms with Gasteiger partial charge in [0.05, 0.1) is 11.0 Å². The highest BCUT2D eigenvalue weighted by Gasteiger charge is 2.22. The van der Waals surface area contributed by atoms with Gasteiger partial charge in [-0.25, -0.2) is 23.1 Å². The van der Waals surface area contributed by atoms with Crippen molar-refractivity contribution in [2.45, 2.75) is 6.43 Å². The second-order valence-electron chi connectivity index (χ2n) is 5.11. The van der Waals surface area contributed by atoms with Gasteiger partial charge in [-0.05, 0) is 30.3 Å². The third-order valence-electron chi connectivity index (χ3n) is 3.66. The summed E-state index contributed by atoms with van der Waals surface area (Å²) in [6.45, 7) is 0. The van der Waals surface area contributed by atoms with Gasteiger partial charge in [0, 0.05) is 22.7 Å². The lowest BCUT2D eigenvalue weighted by molar-refractivity contribution is 0.151. The van der Waals surface area contributed by atoms with Crippen molar-refractivity contribution in [1.82, 2.24) is 14.5 Å². The molecule has 0 bridgehead atoms. The van der Waals surface area contributed by atoms with E-state index in [1.165, 1.54) is 17.4 Å². The smallest absolute Gasteiger partial charge is 0.264 e. The van der Waals surface area contributed by atoms with Crippen LogP contribution in [-0.2, 0) is 0 Å². The highest BCUT2D eigenvalue weighted by Crippen LogP contribution is 2.35. The van der Waals surface area contributed by atoms with Crippen molar-refractivity contribution in [3.8, 4) is 16.5 Å². The Bertz CT molecular complexity index is 1010. The first-order chi connectivity index (χ1) is 11.6. The maximum absolute atomic E-state index is 13.4. The van der Waals surface area contributed by atoms with Gasteiger partial charge >= 0.3 is 0 Å². The Balaban J connectivity index is 2.07. The van der Waals surface area contributed by atoms with Crippen LogP contribution in [0.2, 0.25) is 0 Å². The lowest BCUT2D eigenvalue weighted by atomic mass is 10.1. The monoisotopic (exact) mass is 345 g/mol. The fourth-order valence-corrected chi connectivity index (χ4v) is 3.30. The minimum absolute atomic E-state index is 0.192. The van der Waals surface area contributed by atoms with Crippen LogP contribution in [0.3, 0.4) is 0 Å². The molecular formula is C17H10F3N3S. The van der Waals surface area contributed by atoms with Gasteiger partial charge < -0.3 is 0 Å². The molecule has 0 aliphatic heterocycles. The number of nitrogens with zero attached hydrogens (tertiary/aromatic N) is 3. The van der Waals surface area contributed by atoms with Crippen molar-refractivity contribution in [3.05, 3.63) is 65.4 Å². The number of alkyl halides is 2. The number of benzene rings is 2.